The predicted molar refractivity (Wildman–Crippen MR) is 109 cm³/mol. The molecule has 0 heterocycles. The van der Waals surface area contributed by atoms with Crippen LogP contribution in [0, 0.1) is 0 Å². The Morgan fingerprint density at radius 1 is 1.00 bits per heavy atom. The monoisotopic (exact) mass is 403 g/mol. The van der Waals surface area contributed by atoms with Gasteiger partial charge in [0, 0.05) is 22.9 Å². The van der Waals surface area contributed by atoms with Gasteiger partial charge in [-0.2, -0.15) is 0 Å². The maximum absolute atomic E-state index is 12.0. The van der Waals surface area contributed by atoms with Gasteiger partial charge in [-0.25, -0.2) is 4.79 Å². The molecule has 0 unspecified atom stereocenters. The summed E-state index contributed by atoms with van der Waals surface area (Å²) in [5.74, 6) is 0.0535. The third-order valence-corrected chi connectivity index (χ3v) is 3.71. The summed E-state index contributed by atoms with van der Waals surface area (Å²) in [5.41, 5.74) is 1.31. The first-order chi connectivity index (χ1) is 13.5. The van der Waals surface area contributed by atoms with E-state index in [1.54, 1.807) is 48.5 Å². The van der Waals surface area contributed by atoms with Gasteiger partial charge in [-0.05, 0) is 49.8 Å². The van der Waals surface area contributed by atoms with Crippen molar-refractivity contribution in [1.82, 2.24) is 0 Å². The maximum Gasteiger partial charge on any atom is 0.331 e. The number of ether oxygens (including phenoxy) is 3. The van der Waals surface area contributed by atoms with E-state index in [1.165, 1.54) is 6.08 Å². The summed E-state index contributed by atoms with van der Waals surface area (Å²) in [6.45, 7) is 4.31. The largest absolute Gasteiger partial charge is 0.490 e. The van der Waals surface area contributed by atoms with Crippen LogP contribution >= 0.6 is 11.6 Å². The van der Waals surface area contributed by atoms with Crippen LogP contribution in [0.2, 0.25) is 5.02 Å². The fraction of sp³-hybridized carbons (Fsp3) is 0.238. The molecule has 0 radical (unpaired) electrons. The van der Waals surface area contributed by atoms with Crippen LogP contribution in [0.3, 0.4) is 0 Å². The molecule has 7 heteroatoms. The zero-order valence-electron chi connectivity index (χ0n) is 15.7. The molecule has 0 saturated carbocycles. The fourth-order valence-electron chi connectivity index (χ4n) is 2.25. The highest BCUT2D eigenvalue weighted by Gasteiger charge is 2.10. The number of carbonyl (C=O) groups is 2. The minimum Gasteiger partial charge on any atom is -0.490 e. The Morgan fingerprint density at radius 2 is 1.68 bits per heavy atom. The van der Waals surface area contributed by atoms with Gasteiger partial charge in [-0.1, -0.05) is 23.7 Å². The van der Waals surface area contributed by atoms with Crippen molar-refractivity contribution in [2.24, 2.45) is 0 Å². The van der Waals surface area contributed by atoms with E-state index < -0.39 is 18.5 Å². The lowest BCUT2D eigenvalue weighted by molar-refractivity contribution is -0.142. The topological polar surface area (TPSA) is 73.9 Å². The summed E-state index contributed by atoms with van der Waals surface area (Å²) in [6.07, 6.45) is 2.83. The highest BCUT2D eigenvalue weighted by Crippen LogP contribution is 2.30. The summed E-state index contributed by atoms with van der Waals surface area (Å²) in [4.78, 5) is 23.8. The summed E-state index contributed by atoms with van der Waals surface area (Å²) in [5, 5.41) is 3.26. The molecule has 0 spiro atoms. The van der Waals surface area contributed by atoms with Crippen LogP contribution in [0.4, 0.5) is 5.69 Å². The number of esters is 1. The molecule has 6 nitrogen and oxygen atoms in total. The molecule has 0 atom stereocenters. The van der Waals surface area contributed by atoms with Crippen molar-refractivity contribution < 1.29 is 23.8 Å². The summed E-state index contributed by atoms with van der Waals surface area (Å²) < 4.78 is 15.9. The van der Waals surface area contributed by atoms with Crippen LogP contribution in [0.1, 0.15) is 19.4 Å². The van der Waals surface area contributed by atoms with E-state index in [-0.39, 0.29) is 0 Å². The van der Waals surface area contributed by atoms with Crippen molar-refractivity contribution in [3.05, 3.63) is 59.1 Å². The fourth-order valence-corrected chi connectivity index (χ4v) is 2.37. The molecule has 1 amide bonds. The van der Waals surface area contributed by atoms with Crippen molar-refractivity contribution in [2.45, 2.75) is 13.8 Å². The van der Waals surface area contributed by atoms with Crippen LogP contribution in [-0.4, -0.2) is 31.7 Å². The molecule has 0 bridgehead atoms. The molecule has 1 N–H and O–H groups in total. The molecule has 0 aromatic heterocycles. The Morgan fingerprint density at radius 3 is 2.36 bits per heavy atom. The highest BCUT2D eigenvalue weighted by atomic mass is 35.5. The SMILES string of the molecule is CCOc1ccc(NC(=O)COC(=O)/C=C/c2ccc(Cl)cc2)cc1OCC. The average Bonchev–Trinajstić information content (AvgIpc) is 2.68. The van der Waals surface area contributed by atoms with Gasteiger partial charge in [0.05, 0.1) is 13.2 Å². The molecule has 2 aromatic carbocycles. The van der Waals surface area contributed by atoms with E-state index in [9.17, 15) is 9.59 Å². The van der Waals surface area contributed by atoms with Crippen molar-refractivity contribution in [3.8, 4) is 11.5 Å². The normalized spacial score (nSPS) is 10.5. The number of carbonyl (C=O) groups excluding carboxylic acids is 2. The minimum atomic E-state index is -0.619. The lowest BCUT2D eigenvalue weighted by Crippen LogP contribution is -2.20. The molecule has 0 saturated heterocycles. The van der Waals surface area contributed by atoms with Gasteiger partial charge in [0.15, 0.2) is 18.1 Å². The standard InChI is InChI=1S/C21H22ClNO5/c1-3-26-18-11-10-17(13-19(18)27-4-2)23-20(24)14-28-21(25)12-7-15-5-8-16(22)9-6-15/h5-13H,3-4,14H2,1-2H3,(H,23,24)/b12-7+. The van der Waals surface area contributed by atoms with Gasteiger partial charge in [0.25, 0.3) is 5.91 Å². The molecular formula is C21H22ClNO5. The lowest BCUT2D eigenvalue weighted by Gasteiger charge is -2.13. The molecule has 0 aliphatic heterocycles. The quantitative estimate of drug-likeness (QED) is 0.498. The molecule has 2 rings (SSSR count). The van der Waals surface area contributed by atoms with Crippen LogP contribution in [0.5, 0.6) is 11.5 Å². The third-order valence-electron chi connectivity index (χ3n) is 3.45. The van der Waals surface area contributed by atoms with Gasteiger partial charge in [0.2, 0.25) is 0 Å². The van der Waals surface area contributed by atoms with Crippen molar-refractivity contribution in [3.63, 3.8) is 0 Å². The number of amides is 1. The summed E-state index contributed by atoms with van der Waals surface area (Å²) in [6, 6.07) is 12.0. The zero-order valence-corrected chi connectivity index (χ0v) is 16.5. The van der Waals surface area contributed by atoms with E-state index >= 15 is 0 Å². The van der Waals surface area contributed by atoms with E-state index in [0.717, 1.165) is 5.56 Å². The smallest absolute Gasteiger partial charge is 0.331 e. The third kappa shape index (κ3) is 6.96. The zero-order chi connectivity index (χ0) is 20.4. The number of rotatable bonds is 9. The average molecular weight is 404 g/mol. The first-order valence-electron chi connectivity index (χ1n) is 8.81. The predicted octanol–water partition coefficient (Wildman–Crippen LogP) is 4.33. The van der Waals surface area contributed by atoms with E-state index in [2.05, 4.69) is 5.32 Å². The van der Waals surface area contributed by atoms with E-state index in [1.807, 2.05) is 13.8 Å². The number of anilines is 1. The van der Waals surface area contributed by atoms with Crippen molar-refractivity contribution in [2.75, 3.05) is 25.1 Å². The Labute approximate surface area is 169 Å². The van der Waals surface area contributed by atoms with Gasteiger partial charge >= 0.3 is 5.97 Å². The summed E-state index contributed by atoms with van der Waals surface area (Å²) in [7, 11) is 0. The van der Waals surface area contributed by atoms with Crippen molar-refractivity contribution >= 4 is 35.2 Å². The Kier molecular flexibility index (Phi) is 8.37. The second-order valence-electron chi connectivity index (χ2n) is 5.57. The highest BCUT2D eigenvalue weighted by molar-refractivity contribution is 6.30. The molecule has 28 heavy (non-hydrogen) atoms. The van der Waals surface area contributed by atoms with Gasteiger partial charge < -0.3 is 19.5 Å². The molecule has 0 fully saturated rings. The van der Waals surface area contributed by atoms with Gasteiger partial charge in [-0.3, -0.25) is 4.79 Å². The van der Waals surface area contributed by atoms with Crippen LogP contribution in [0.15, 0.2) is 48.5 Å². The second kappa shape index (κ2) is 11.0. The number of halogens is 1. The Hall–Kier alpha value is -2.99. The number of hydrogen-bond donors (Lipinski definition) is 1. The maximum atomic E-state index is 12.0. The van der Waals surface area contributed by atoms with Gasteiger partial charge in [0.1, 0.15) is 0 Å². The van der Waals surface area contributed by atoms with Crippen molar-refractivity contribution in [1.29, 1.82) is 0 Å². The lowest BCUT2D eigenvalue weighted by atomic mass is 10.2. The van der Waals surface area contributed by atoms with E-state index in [4.69, 9.17) is 25.8 Å². The number of benzene rings is 2. The molecule has 0 aliphatic carbocycles. The Balaban J connectivity index is 1.86. The number of nitrogens with one attached hydrogen (secondary N) is 1. The van der Waals surface area contributed by atoms with Crippen LogP contribution < -0.4 is 14.8 Å². The van der Waals surface area contributed by atoms with E-state index in [0.29, 0.717) is 35.4 Å². The second-order valence-corrected chi connectivity index (χ2v) is 6.00. The minimum absolute atomic E-state index is 0.402. The molecule has 148 valence electrons. The van der Waals surface area contributed by atoms with Crippen LogP contribution in [0.25, 0.3) is 6.08 Å². The molecular weight excluding hydrogens is 382 g/mol. The van der Waals surface area contributed by atoms with Crippen LogP contribution in [-0.2, 0) is 14.3 Å². The Bertz CT molecular complexity index is 833. The number of hydrogen-bond acceptors (Lipinski definition) is 5. The first-order valence-corrected chi connectivity index (χ1v) is 9.19. The summed E-state index contributed by atoms with van der Waals surface area (Å²) >= 11 is 5.80. The molecule has 0 aliphatic rings. The van der Waals surface area contributed by atoms with Gasteiger partial charge in [-0.15, -0.1) is 0 Å². The molecule has 2 aromatic rings. The first kappa shape index (κ1) is 21.3.